The van der Waals surface area contributed by atoms with E-state index in [2.05, 4.69) is 10.3 Å². The molecule has 146 valence electrons. The third kappa shape index (κ3) is 4.17. The molecule has 0 atom stereocenters. The number of fused-ring (bicyclic) bond motifs is 1. The average molecular weight is 409 g/mol. The molecule has 0 bridgehead atoms. The third-order valence-corrected chi connectivity index (χ3v) is 4.96. The Bertz CT molecular complexity index is 1270. The fourth-order valence-corrected chi connectivity index (χ4v) is 3.53. The summed E-state index contributed by atoms with van der Waals surface area (Å²) in [7, 11) is 0. The summed E-state index contributed by atoms with van der Waals surface area (Å²) in [5.74, 6) is -0.503. The Morgan fingerprint density at radius 3 is 2.93 bits per heavy atom. The molecule has 0 saturated carbocycles. The largest absolute Gasteiger partial charge is 0.485 e. The Kier molecular flexibility index (Phi) is 5.09. The number of benzene rings is 2. The summed E-state index contributed by atoms with van der Waals surface area (Å²) >= 11 is 1.36. The molecule has 8 heteroatoms. The molecule has 2 heterocycles. The summed E-state index contributed by atoms with van der Waals surface area (Å²) in [6.45, 7) is 1.96. The van der Waals surface area contributed by atoms with Crippen molar-refractivity contribution < 1.29 is 13.9 Å². The summed E-state index contributed by atoms with van der Waals surface area (Å²) in [4.78, 5) is 29.6. The number of aryl methyl sites for hydroxylation is 1. The number of hydrogen-bond donors (Lipinski definition) is 1. The van der Waals surface area contributed by atoms with Gasteiger partial charge in [-0.3, -0.25) is 14.0 Å². The Labute approximate surface area is 169 Å². The Morgan fingerprint density at radius 2 is 2.10 bits per heavy atom. The van der Waals surface area contributed by atoms with Crippen LogP contribution in [0.15, 0.2) is 64.9 Å². The lowest BCUT2D eigenvalue weighted by Gasteiger charge is -2.13. The van der Waals surface area contributed by atoms with E-state index in [9.17, 15) is 14.0 Å². The van der Waals surface area contributed by atoms with Crippen LogP contribution in [0.25, 0.3) is 4.96 Å². The van der Waals surface area contributed by atoms with Gasteiger partial charge in [-0.1, -0.05) is 12.1 Å². The number of carbonyl (C=O) groups excluding carboxylic acids is 1. The lowest BCUT2D eigenvalue weighted by molar-refractivity contribution is 0.102. The van der Waals surface area contributed by atoms with Gasteiger partial charge in [0, 0.05) is 23.2 Å². The molecule has 0 radical (unpaired) electrons. The number of nitrogens with one attached hydrogen (secondary N) is 1. The van der Waals surface area contributed by atoms with Gasteiger partial charge in [0.25, 0.3) is 11.5 Å². The Balaban J connectivity index is 1.56. The molecule has 0 unspecified atom stereocenters. The predicted octanol–water partition coefficient (Wildman–Crippen LogP) is 4.03. The normalized spacial score (nSPS) is 10.8. The molecule has 0 aliphatic heterocycles. The smallest absolute Gasteiger partial charge is 0.258 e. The van der Waals surface area contributed by atoms with Crippen LogP contribution in [0.5, 0.6) is 5.75 Å². The molecular formula is C21H16FN3O3S. The van der Waals surface area contributed by atoms with Gasteiger partial charge in [0.15, 0.2) is 4.96 Å². The number of nitrogens with zero attached hydrogens (tertiary/aromatic N) is 2. The van der Waals surface area contributed by atoms with Crippen LogP contribution in [0.1, 0.15) is 21.6 Å². The minimum atomic E-state index is -0.487. The summed E-state index contributed by atoms with van der Waals surface area (Å²) < 4.78 is 20.7. The molecule has 0 saturated heterocycles. The lowest BCUT2D eigenvalue weighted by Crippen LogP contribution is -2.15. The highest BCUT2D eigenvalue weighted by Crippen LogP contribution is 2.27. The second kappa shape index (κ2) is 7.84. The van der Waals surface area contributed by atoms with Crippen molar-refractivity contribution in [3.05, 3.63) is 93.1 Å². The summed E-state index contributed by atoms with van der Waals surface area (Å²) in [5, 5.41) is 4.53. The van der Waals surface area contributed by atoms with Crippen molar-refractivity contribution >= 4 is 27.9 Å². The first-order valence-corrected chi connectivity index (χ1v) is 9.64. The number of hydrogen-bond acceptors (Lipinski definition) is 5. The molecule has 6 nitrogen and oxygen atoms in total. The molecule has 2 aromatic heterocycles. The van der Waals surface area contributed by atoms with E-state index in [-0.39, 0.29) is 17.7 Å². The zero-order valence-corrected chi connectivity index (χ0v) is 16.2. The third-order valence-electron chi connectivity index (χ3n) is 4.20. The second-order valence-corrected chi connectivity index (χ2v) is 7.27. The van der Waals surface area contributed by atoms with Crippen LogP contribution in [-0.4, -0.2) is 15.3 Å². The fourth-order valence-electron chi connectivity index (χ4n) is 2.79. The van der Waals surface area contributed by atoms with E-state index in [0.717, 1.165) is 11.6 Å². The van der Waals surface area contributed by atoms with E-state index in [0.29, 0.717) is 22.1 Å². The van der Waals surface area contributed by atoms with Crippen molar-refractivity contribution in [1.29, 1.82) is 0 Å². The summed E-state index contributed by atoms with van der Waals surface area (Å²) in [5.41, 5.74) is 1.89. The topological polar surface area (TPSA) is 72.7 Å². The van der Waals surface area contributed by atoms with Crippen molar-refractivity contribution in [2.24, 2.45) is 0 Å². The van der Waals surface area contributed by atoms with E-state index in [1.807, 2.05) is 13.0 Å². The van der Waals surface area contributed by atoms with Gasteiger partial charge in [-0.05, 0) is 42.8 Å². The van der Waals surface area contributed by atoms with Crippen molar-refractivity contribution in [3.63, 3.8) is 0 Å². The van der Waals surface area contributed by atoms with E-state index in [1.54, 1.807) is 23.7 Å². The van der Waals surface area contributed by atoms with E-state index < -0.39 is 11.7 Å². The molecule has 4 rings (SSSR count). The van der Waals surface area contributed by atoms with E-state index >= 15 is 0 Å². The van der Waals surface area contributed by atoms with Gasteiger partial charge < -0.3 is 10.1 Å². The number of ether oxygens (including phenoxy) is 1. The SMILES string of the molecule is Cc1ccc(NC(=O)c2cccc(F)c2)c(OCc2cc(=O)n3ccsc3n2)c1. The summed E-state index contributed by atoms with van der Waals surface area (Å²) in [6.07, 6.45) is 1.67. The van der Waals surface area contributed by atoms with Crippen LogP contribution in [-0.2, 0) is 6.61 Å². The first-order chi connectivity index (χ1) is 14.0. The lowest BCUT2D eigenvalue weighted by atomic mass is 10.1. The van der Waals surface area contributed by atoms with E-state index in [4.69, 9.17) is 4.74 Å². The van der Waals surface area contributed by atoms with Crippen molar-refractivity contribution in [1.82, 2.24) is 9.38 Å². The molecule has 4 aromatic rings. The van der Waals surface area contributed by atoms with E-state index in [1.165, 1.54) is 40.0 Å². The number of carbonyl (C=O) groups is 1. The van der Waals surface area contributed by atoms with Gasteiger partial charge in [-0.2, -0.15) is 0 Å². The molecule has 0 spiro atoms. The molecule has 1 amide bonds. The van der Waals surface area contributed by atoms with Gasteiger partial charge >= 0.3 is 0 Å². The van der Waals surface area contributed by atoms with Gasteiger partial charge in [0.1, 0.15) is 18.2 Å². The van der Waals surface area contributed by atoms with Crippen LogP contribution < -0.4 is 15.6 Å². The maximum absolute atomic E-state index is 13.4. The standard InChI is InChI=1S/C21H16FN3O3S/c1-13-5-6-17(24-20(27)14-3-2-4-15(22)10-14)18(9-13)28-12-16-11-19(26)25-7-8-29-21(25)23-16/h2-11H,12H2,1H3,(H,24,27). The number of halogens is 1. The molecule has 0 aliphatic carbocycles. The molecular weight excluding hydrogens is 393 g/mol. The fraction of sp³-hybridized carbons (Fsp3) is 0.0952. The zero-order valence-electron chi connectivity index (χ0n) is 15.4. The van der Waals surface area contributed by atoms with Crippen LogP contribution in [0.4, 0.5) is 10.1 Å². The maximum Gasteiger partial charge on any atom is 0.258 e. The Hall–Kier alpha value is -3.52. The van der Waals surface area contributed by atoms with Gasteiger partial charge in [-0.15, -0.1) is 11.3 Å². The second-order valence-electron chi connectivity index (χ2n) is 6.39. The minimum Gasteiger partial charge on any atom is -0.485 e. The van der Waals surface area contributed by atoms with Crippen molar-refractivity contribution in [2.45, 2.75) is 13.5 Å². The Morgan fingerprint density at radius 1 is 1.24 bits per heavy atom. The van der Waals surface area contributed by atoms with Gasteiger partial charge in [0.05, 0.1) is 11.4 Å². The van der Waals surface area contributed by atoms with Gasteiger partial charge in [-0.25, -0.2) is 9.37 Å². The number of aromatic nitrogens is 2. The number of thiazole rings is 1. The molecule has 0 fully saturated rings. The highest BCUT2D eigenvalue weighted by molar-refractivity contribution is 7.15. The monoisotopic (exact) mass is 409 g/mol. The highest BCUT2D eigenvalue weighted by atomic mass is 32.1. The van der Waals surface area contributed by atoms with Crippen LogP contribution in [0, 0.1) is 12.7 Å². The predicted molar refractivity (Wildman–Crippen MR) is 109 cm³/mol. The van der Waals surface area contributed by atoms with Gasteiger partial charge in [0.2, 0.25) is 0 Å². The molecule has 1 N–H and O–H groups in total. The van der Waals surface area contributed by atoms with Crippen molar-refractivity contribution in [3.8, 4) is 5.75 Å². The minimum absolute atomic E-state index is 0.0654. The quantitative estimate of drug-likeness (QED) is 0.540. The van der Waals surface area contributed by atoms with Crippen LogP contribution >= 0.6 is 11.3 Å². The highest BCUT2D eigenvalue weighted by Gasteiger charge is 2.12. The first kappa shape index (κ1) is 18.8. The number of rotatable bonds is 5. The molecule has 29 heavy (non-hydrogen) atoms. The van der Waals surface area contributed by atoms with Crippen LogP contribution in [0.2, 0.25) is 0 Å². The average Bonchev–Trinajstić information content (AvgIpc) is 3.17. The maximum atomic E-state index is 13.4. The first-order valence-electron chi connectivity index (χ1n) is 8.76. The zero-order chi connectivity index (χ0) is 20.4. The number of anilines is 1. The van der Waals surface area contributed by atoms with Crippen LogP contribution in [0.3, 0.4) is 0 Å². The summed E-state index contributed by atoms with van der Waals surface area (Å²) in [6, 6.07) is 12.2. The number of amides is 1. The molecule has 2 aromatic carbocycles. The molecule has 0 aliphatic rings. The van der Waals surface area contributed by atoms with Crippen molar-refractivity contribution in [2.75, 3.05) is 5.32 Å².